The van der Waals surface area contributed by atoms with E-state index in [1.54, 1.807) is 18.2 Å². The maximum Gasteiger partial charge on any atom is 0.261 e. The van der Waals surface area contributed by atoms with Crippen LogP contribution in [0.5, 0.6) is 5.75 Å². The fraction of sp³-hybridized carbons (Fsp3) is 0.381. The molecule has 6 nitrogen and oxygen atoms in total. The molecule has 0 saturated carbocycles. The van der Waals surface area contributed by atoms with Gasteiger partial charge in [-0.15, -0.1) is 0 Å². The summed E-state index contributed by atoms with van der Waals surface area (Å²) in [6.45, 7) is 4.15. The zero-order valence-electron chi connectivity index (χ0n) is 16.7. The minimum atomic E-state index is -3.54. The second kappa shape index (κ2) is 8.63. The predicted molar refractivity (Wildman–Crippen MR) is 115 cm³/mol. The van der Waals surface area contributed by atoms with Gasteiger partial charge in [0.2, 0.25) is 10.0 Å². The lowest BCUT2D eigenvalue weighted by molar-refractivity contribution is -0.128. The number of nitrogens with one attached hydrogen (secondary N) is 1. The van der Waals surface area contributed by atoms with Crippen LogP contribution in [0.4, 0.5) is 5.69 Å². The zero-order chi connectivity index (χ0) is 21.2. The van der Waals surface area contributed by atoms with Crippen molar-refractivity contribution in [1.82, 2.24) is 5.32 Å². The van der Waals surface area contributed by atoms with E-state index >= 15 is 0 Å². The average molecular weight is 437 g/mol. The normalized spacial score (nSPS) is 17.7. The number of ether oxygens (including phenoxy) is 1. The Labute approximate surface area is 176 Å². The third-order valence-corrected chi connectivity index (χ3v) is 6.37. The molecule has 1 N–H and O–H groups in total. The largest absolute Gasteiger partial charge is 0.478 e. The van der Waals surface area contributed by atoms with Crippen molar-refractivity contribution >= 4 is 33.2 Å². The van der Waals surface area contributed by atoms with Gasteiger partial charge in [0.25, 0.3) is 5.91 Å². The van der Waals surface area contributed by atoms with Crippen LogP contribution in [0.15, 0.2) is 42.5 Å². The van der Waals surface area contributed by atoms with Crippen molar-refractivity contribution in [1.29, 1.82) is 0 Å². The molecule has 0 spiro atoms. The third-order valence-electron chi connectivity index (χ3n) is 4.95. The lowest BCUT2D eigenvalue weighted by atomic mass is 10.0. The fourth-order valence-electron chi connectivity index (χ4n) is 3.37. The number of halogens is 1. The minimum Gasteiger partial charge on any atom is -0.478 e. The van der Waals surface area contributed by atoms with Crippen molar-refractivity contribution < 1.29 is 17.9 Å². The SMILES string of the molecule is CC[C@H](NC(=O)[C@@H]1CCN(S(C)(=O)=O)c2cc(Cl)ccc2O1)c1ccc(C)cc1. The maximum atomic E-state index is 13.0. The highest BCUT2D eigenvalue weighted by Gasteiger charge is 2.32. The predicted octanol–water partition coefficient (Wildman–Crippen LogP) is 3.83. The van der Waals surface area contributed by atoms with Gasteiger partial charge in [-0.05, 0) is 37.1 Å². The summed E-state index contributed by atoms with van der Waals surface area (Å²) in [5.74, 6) is 0.0505. The first-order valence-electron chi connectivity index (χ1n) is 9.50. The second-order valence-corrected chi connectivity index (χ2v) is 9.57. The van der Waals surface area contributed by atoms with Crippen LogP contribution in [0.25, 0.3) is 0 Å². The number of rotatable bonds is 5. The van der Waals surface area contributed by atoms with Crippen LogP contribution < -0.4 is 14.4 Å². The summed E-state index contributed by atoms with van der Waals surface area (Å²) in [7, 11) is -3.54. The standard InChI is InChI=1S/C21H25ClN2O4S/c1-4-17(15-7-5-14(2)6-8-15)23-21(25)20-11-12-24(29(3,26)27)18-13-16(22)9-10-19(18)28-20/h5-10,13,17,20H,4,11-12H2,1-3H3,(H,23,25)/t17-,20-/m0/s1. The van der Waals surface area contributed by atoms with Crippen molar-refractivity contribution in [2.24, 2.45) is 0 Å². The van der Waals surface area contributed by atoms with Gasteiger partial charge >= 0.3 is 0 Å². The number of benzene rings is 2. The van der Waals surface area contributed by atoms with Crippen LogP contribution in [0.2, 0.25) is 5.02 Å². The first-order chi connectivity index (χ1) is 13.7. The monoisotopic (exact) mass is 436 g/mol. The topological polar surface area (TPSA) is 75.7 Å². The van der Waals surface area contributed by atoms with Crippen LogP contribution in [0.3, 0.4) is 0 Å². The van der Waals surface area contributed by atoms with Crippen LogP contribution in [0.1, 0.15) is 36.9 Å². The summed E-state index contributed by atoms with van der Waals surface area (Å²) in [5.41, 5.74) is 2.52. The van der Waals surface area contributed by atoms with Crippen LogP contribution in [0, 0.1) is 6.92 Å². The Balaban J connectivity index is 1.83. The molecule has 2 atom stereocenters. The number of sulfonamides is 1. The Hall–Kier alpha value is -2.25. The zero-order valence-corrected chi connectivity index (χ0v) is 18.3. The number of carbonyl (C=O) groups excluding carboxylic acids is 1. The van der Waals surface area contributed by atoms with Gasteiger partial charge in [-0.3, -0.25) is 9.10 Å². The Kier molecular flexibility index (Phi) is 6.39. The van der Waals surface area contributed by atoms with Gasteiger partial charge in [0, 0.05) is 18.0 Å². The molecular weight excluding hydrogens is 412 g/mol. The average Bonchev–Trinajstić information content (AvgIpc) is 2.86. The van der Waals surface area contributed by atoms with Gasteiger partial charge in [-0.25, -0.2) is 8.42 Å². The first-order valence-corrected chi connectivity index (χ1v) is 11.7. The van der Waals surface area contributed by atoms with Gasteiger partial charge in [-0.1, -0.05) is 48.4 Å². The van der Waals surface area contributed by atoms with Crippen molar-refractivity contribution in [3.8, 4) is 5.75 Å². The lowest BCUT2D eigenvalue weighted by Crippen LogP contribution is -2.41. The van der Waals surface area contributed by atoms with Gasteiger partial charge in [0.05, 0.1) is 18.0 Å². The lowest BCUT2D eigenvalue weighted by Gasteiger charge is -2.22. The summed E-state index contributed by atoms with van der Waals surface area (Å²) >= 11 is 6.05. The summed E-state index contributed by atoms with van der Waals surface area (Å²) in [4.78, 5) is 13.0. The Morgan fingerprint density at radius 1 is 1.28 bits per heavy atom. The molecule has 3 rings (SSSR count). The summed E-state index contributed by atoms with van der Waals surface area (Å²) in [6, 6.07) is 12.6. The number of fused-ring (bicyclic) bond motifs is 1. The van der Waals surface area contributed by atoms with Crippen molar-refractivity contribution in [2.45, 2.75) is 38.8 Å². The number of amides is 1. The van der Waals surface area contributed by atoms with E-state index in [0.29, 0.717) is 16.5 Å². The molecule has 0 bridgehead atoms. The highest BCUT2D eigenvalue weighted by molar-refractivity contribution is 7.92. The quantitative estimate of drug-likeness (QED) is 0.772. The first kappa shape index (κ1) is 21.5. The van der Waals surface area contributed by atoms with E-state index < -0.39 is 16.1 Å². The molecule has 0 saturated heterocycles. The van der Waals surface area contributed by atoms with Crippen LogP contribution >= 0.6 is 11.6 Å². The molecule has 8 heteroatoms. The summed E-state index contributed by atoms with van der Waals surface area (Å²) in [5, 5.41) is 3.44. The summed E-state index contributed by atoms with van der Waals surface area (Å²) in [6.07, 6.45) is 1.28. The van der Waals surface area contributed by atoms with Crippen molar-refractivity contribution in [2.75, 3.05) is 17.1 Å². The molecule has 0 aromatic heterocycles. The minimum absolute atomic E-state index is 0.131. The van der Waals surface area contributed by atoms with E-state index in [9.17, 15) is 13.2 Å². The number of nitrogens with zero attached hydrogens (tertiary/aromatic N) is 1. The van der Waals surface area contributed by atoms with Crippen molar-refractivity contribution in [3.63, 3.8) is 0 Å². The van der Waals surface area contributed by atoms with Gasteiger partial charge in [0.1, 0.15) is 5.75 Å². The van der Waals surface area contributed by atoms with E-state index in [2.05, 4.69) is 5.32 Å². The van der Waals surface area contributed by atoms with Crippen LogP contribution in [-0.4, -0.2) is 33.2 Å². The highest BCUT2D eigenvalue weighted by Crippen LogP contribution is 2.36. The van der Waals surface area contributed by atoms with E-state index in [-0.39, 0.29) is 24.9 Å². The molecule has 1 heterocycles. The number of carbonyl (C=O) groups is 1. The molecule has 0 aliphatic carbocycles. The Morgan fingerprint density at radius 2 is 1.97 bits per heavy atom. The van der Waals surface area contributed by atoms with Gasteiger partial charge in [0.15, 0.2) is 6.10 Å². The van der Waals surface area contributed by atoms with E-state index in [1.807, 2.05) is 38.1 Å². The molecule has 0 unspecified atom stereocenters. The molecule has 1 aliphatic heterocycles. The number of anilines is 1. The number of hydrogen-bond acceptors (Lipinski definition) is 4. The fourth-order valence-corrected chi connectivity index (χ4v) is 4.47. The maximum absolute atomic E-state index is 13.0. The molecule has 29 heavy (non-hydrogen) atoms. The Bertz CT molecular complexity index is 992. The highest BCUT2D eigenvalue weighted by atomic mass is 35.5. The number of hydrogen-bond donors (Lipinski definition) is 1. The molecule has 1 amide bonds. The number of aryl methyl sites for hydroxylation is 1. The molecule has 156 valence electrons. The summed E-state index contributed by atoms with van der Waals surface area (Å²) < 4.78 is 31.7. The molecule has 0 fully saturated rings. The molecular formula is C21H25ClN2O4S. The molecule has 1 aliphatic rings. The molecule has 2 aromatic carbocycles. The van der Waals surface area contributed by atoms with E-state index in [4.69, 9.17) is 16.3 Å². The third kappa shape index (κ3) is 5.03. The van der Waals surface area contributed by atoms with Gasteiger partial charge in [-0.2, -0.15) is 0 Å². The smallest absolute Gasteiger partial charge is 0.261 e. The van der Waals surface area contributed by atoms with Crippen LogP contribution in [-0.2, 0) is 14.8 Å². The molecule has 0 radical (unpaired) electrons. The molecule has 2 aromatic rings. The second-order valence-electron chi connectivity index (χ2n) is 7.22. The van der Waals surface area contributed by atoms with E-state index in [0.717, 1.165) is 23.8 Å². The Morgan fingerprint density at radius 3 is 2.59 bits per heavy atom. The van der Waals surface area contributed by atoms with E-state index in [1.165, 1.54) is 4.31 Å². The van der Waals surface area contributed by atoms with Gasteiger partial charge < -0.3 is 10.1 Å². The van der Waals surface area contributed by atoms with Crippen molar-refractivity contribution in [3.05, 3.63) is 58.6 Å².